The minimum Gasteiger partial charge on any atom is -0.480 e. The molecule has 0 bridgehead atoms. The van der Waals surface area contributed by atoms with Crippen LogP contribution in [0.1, 0.15) is 32.6 Å². The van der Waals surface area contributed by atoms with Crippen LogP contribution < -0.4 is 16.0 Å². The first kappa shape index (κ1) is 18.2. The topological polar surface area (TPSA) is 128 Å². The van der Waals surface area contributed by atoms with E-state index < -0.39 is 29.9 Å². The van der Waals surface area contributed by atoms with Crippen molar-refractivity contribution in [2.24, 2.45) is 0 Å². The SMILES string of the molecule is CC(NC(=O)[C@@H]1CCCN1)C(=O)NCC(=O)N1CCC[C@H]1C(=O)O. The van der Waals surface area contributed by atoms with Gasteiger partial charge in [-0.05, 0) is 39.2 Å². The number of hydrogen-bond acceptors (Lipinski definition) is 5. The van der Waals surface area contributed by atoms with Crippen LogP contribution in [0, 0.1) is 0 Å². The van der Waals surface area contributed by atoms with Crippen molar-refractivity contribution in [1.82, 2.24) is 20.9 Å². The lowest BCUT2D eigenvalue weighted by molar-refractivity contribution is -0.148. The van der Waals surface area contributed by atoms with Crippen LogP contribution in [-0.2, 0) is 19.2 Å². The van der Waals surface area contributed by atoms with E-state index in [1.54, 1.807) is 6.92 Å². The van der Waals surface area contributed by atoms with Crippen LogP contribution in [0.4, 0.5) is 0 Å². The molecule has 24 heavy (non-hydrogen) atoms. The highest BCUT2D eigenvalue weighted by Gasteiger charge is 2.34. The summed E-state index contributed by atoms with van der Waals surface area (Å²) in [7, 11) is 0. The summed E-state index contributed by atoms with van der Waals surface area (Å²) >= 11 is 0. The highest BCUT2D eigenvalue weighted by molar-refractivity contribution is 5.92. The monoisotopic (exact) mass is 340 g/mol. The lowest BCUT2D eigenvalue weighted by atomic mass is 10.2. The maximum Gasteiger partial charge on any atom is 0.326 e. The van der Waals surface area contributed by atoms with Gasteiger partial charge in [0, 0.05) is 6.54 Å². The Balaban J connectivity index is 1.76. The summed E-state index contributed by atoms with van der Waals surface area (Å²) < 4.78 is 0. The van der Waals surface area contributed by atoms with E-state index in [-0.39, 0.29) is 18.5 Å². The van der Waals surface area contributed by atoms with Gasteiger partial charge in [0.05, 0.1) is 12.6 Å². The maximum atomic E-state index is 12.1. The number of nitrogens with one attached hydrogen (secondary N) is 3. The Morgan fingerprint density at radius 1 is 1.25 bits per heavy atom. The van der Waals surface area contributed by atoms with Gasteiger partial charge in [-0.2, -0.15) is 0 Å². The summed E-state index contributed by atoms with van der Waals surface area (Å²) in [5.41, 5.74) is 0. The number of carbonyl (C=O) groups excluding carboxylic acids is 3. The summed E-state index contributed by atoms with van der Waals surface area (Å²) in [6.45, 7) is 2.44. The third-order valence-corrected chi connectivity index (χ3v) is 4.40. The molecule has 0 aliphatic carbocycles. The third kappa shape index (κ3) is 4.44. The standard InChI is InChI=1S/C15H24N4O5/c1-9(18-14(22)10-4-2-6-16-10)13(21)17-8-12(20)19-7-3-5-11(19)15(23)24/h9-11,16H,2-8H2,1H3,(H,17,21)(H,18,22)(H,23,24)/t9?,10-,11-/m0/s1. The Hall–Kier alpha value is -2.16. The average molecular weight is 340 g/mol. The molecule has 0 radical (unpaired) electrons. The molecule has 134 valence electrons. The number of carboxylic acid groups (broad SMARTS) is 1. The number of nitrogens with zero attached hydrogens (tertiary/aromatic N) is 1. The van der Waals surface area contributed by atoms with E-state index in [2.05, 4.69) is 16.0 Å². The van der Waals surface area contributed by atoms with Crippen molar-refractivity contribution in [2.75, 3.05) is 19.6 Å². The van der Waals surface area contributed by atoms with E-state index in [0.29, 0.717) is 19.4 Å². The number of likely N-dealkylation sites (tertiary alicyclic amines) is 1. The van der Waals surface area contributed by atoms with Gasteiger partial charge < -0.3 is 26.0 Å². The fourth-order valence-corrected chi connectivity index (χ4v) is 3.03. The predicted molar refractivity (Wildman–Crippen MR) is 84.0 cm³/mol. The van der Waals surface area contributed by atoms with Crippen LogP contribution in [0.5, 0.6) is 0 Å². The van der Waals surface area contributed by atoms with Crippen LogP contribution in [0.2, 0.25) is 0 Å². The highest BCUT2D eigenvalue weighted by atomic mass is 16.4. The second kappa shape index (κ2) is 8.09. The zero-order chi connectivity index (χ0) is 17.7. The number of carbonyl (C=O) groups is 4. The molecule has 2 aliphatic heterocycles. The van der Waals surface area contributed by atoms with Crippen molar-refractivity contribution in [2.45, 2.75) is 50.7 Å². The Bertz CT molecular complexity index is 518. The van der Waals surface area contributed by atoms with Gasteiger partial charge in [-0.15, -0.1) is 0 Å². The van der Waals surface area contributed by atoms with Crippen molar-refractivity contribution in [1.29, 1.82) is 0 Å². The number of amides is 3. The first-order valence-corrected chi connectivity index (χ1v) is 8.24. The fourth-order valence-electron chi connectivity index (χ4n) is 3.03. The largest absolute Gasteiger partial charge is 0.480 e. The fraction of sp³-hybridized carbons (Fsp3) is 0.733. The lowest BCUT2D eigenvalue weighted by Gasteiger charge is -2.22. The van der Waals surface area contributed by atoms with Gasteiger partial charge in [-0.3, -0.25) is 14.4 Å². The molecule has 0 aromatic rings. The van der Waals surface area contributed by atoms with Crippen molar-refractivity contribution in [3.05, 3.63) is 0 Å². The molecular weight excluding hydrogens is 316 g/mol. The van der Waals surface area contributed by atoms with Crippen molar-refractivity contribution < 1.29 is 24.3 Å². The summed E-state index contributed by atoms with van der Waals surface area (Å²) in [6.07, 6.45) is 2.73. The van der Waals surface area contributed by atoms with Gasteiger partial charge in [0.1, 0.15) is 12.1 Å². The Morgan fingerprint density at radius 2 is 2.00 bits per heavy atom. The van der Waals surface area contributed by atoms with Crippen LogP contribution in [0.15, 0.2) is 0 Å². The lowest BCUT2D eigenvalue weighted by Crippen LogP contribution is -2.52. The van der Waals surface area contributed by atoms with Crippen LogP contribution >= 0.6 is 0 Å². The molecule has 9 heteroatoms. The summed E-state index contributed by atoms with van der Waals surface area (Å²) in [6, 6.07) is -1.86. The maximum absolute atomic E-state index is 12.1. The van der Waals surface area contributed by atoms with Gasteiger partial charge >= 0.3 is 5.97 Å². The predicted octanol–water partition coefficient (Wildman–Crippen LogP) is -1.57. The molecule has 3 atom stereocenters. The molecule has 3 amide bonds. The first-order valence-electron chi connectivity index (χ1n) is 8.24. The van der Waals surface area contributed by atoms with E-state index >= 15 is 0 Å². The molecule has 2 fully saturated rings. The zero-order valence-electron chi connectivity index (χ0n) is 13.7. The molecule has 2 heterocycles. The molecule has 0 aromatic carbocycles. The summed E-state index contributed by atoms with van der Waals surface area (Å²) in [5.74, 6) is -2.16. The molecular formula is C15H24N4O5. The highest BCUT2D eigenvalue weighted by Crippen LogP contribution is 2.17. The van der Waals surface area contributed by atoms with Gasteiger partial charge in [-0.25, -0.2) is 4.79 Å². The van der Waals surface area contributed by atoms with Gasteiger partial charge in [-0.1, -0.05) is 0 Å². The number of rotatable bonds is 6. The second-order valence-electron chi connectivity index (χ2n) is 6.18. The van der Waals surface area contributed by atoms with E-state index in [1.165, 1.54) is 4.90 Å². The summed E-state index contributed by atoms with van der Waals surface area (Å²) in [4.78, 5) is 48.3. The molecule has 0 aromatic heterocycles. The normalized spacial score (nSPS) is 24.5. The molecule has 4 N–H and O–H groups in total. The Morgan fingerprint density at radius 3 is 2.62 bits per heavy atom. The zero-order valence-corrected chi connectivity index (χ0v) is 13.7. The van der Waals surface area contributed by atoms with Crippen LogP contribution in [0.25, 0.3) is 0 Å². The van der Waals surface area contributed by atoms with E-state index in [0.717, 1.165) is 19.4 Å². The quantitative estimate of drug-likeness (QED) is 0.463. The summed E-state index contributed by atoms with van der Waals surface area (Å²) in [5, 5.41) is 17.2. The smallest absolute Gasteiger partial charge is 0.326 e. The molecule has 0 saturated carbocycles. The second-order valence-corrected chi connectivity index (χ2v) is 6.18. The van der Waals surface area contributed by atoms with Gasteiger partial charge in [0.15, 0.2) is 0 Å². The van der Waals surface area contributed by atoms with E-state index in [4.69, 9.17) is 5.11 Å². The molecule has 0 spiro atoms. The number of aliphatic carboxylic acids is 1. The van der Waals surface area contributed by atoms with Crippen molar-refractivity contribution in [3.63, 3.8) is 0 Å². The molecule has 1 unspecified atom stereocenters. The number of carboxylic acids is 1. The third-order valence-electron chi connectivity index (χ3n) is 4.40. The minimum atomic E-state index is -1.03. The molecule has 9 nitrogen and oxygen atoms in total. The minimum absolute atomic E-state index is 0.230. The van der Waals surface area contributed by atoms with Crippen molar-refractivity contribution >= 4 is 23.7 Å². The first-order chi connectivity index (χ1) is 11.4. The van der Waals surface area contributed by atoms with E-state index in [9.17, 15) is 19.2 Å². The Labute approximate surface area is 140 Å². The van der Waals surface area contributed by atoms with E-state index in [1.807, 2.05) is 0 Å². The van der Waals surface area contributed by atoms with Crippen LogP contribution in [0.3, 0.4) is 0 Å². The Kier molecular flexibility index (Phi) is 6.13. The number of hydrogen-bond donors (Lipinski definition) is 4. The average Bonchev–Trinajstić information content (AvgIpc) is 3.22. The van der Waals surface area contributed by atoms with Crippen molar-refractivity contribution in [3.8, 4) is 0 Å². The van der Waals surface area contributed by atoms with Gasteiger partial charge in [0.2, 0.25) is 17.7 Å². The molecule has 2 saturated heterocycles. The molecule has 2 aliphatic rings. The van der Waals surface area contributed by atoms with Gasteiger partial charge in [0.25, 0.3) is 0 Å². The van der Waals surface area contributed by atoms with Crippen LogP contribution in [-0.4, -0.2) is 71.5 Å². The molecule has 2 rings (SSSR count).